The lowest BCUT2D eigenvalue weighted by atomic mass is 9.92. The molecule has 21 heavy (non-hydrogen) atoms. The number of nitrogens with one attached hydrogen (secondary N) is 1. The zero-order valence-corrected chi connectivity index (χ0v) is 15.0. The predicted octanol–water partition coefficient (Wildman–Crippen LogP) is 4.66. The van der Waals surface area contributed by atoms with Crippen molar-refractivity contribution >= 4 is 31.9 Å². The van der Waals surface area contributed by atoms with Crippen LogP contribution in [0.4, 0.5) is 0 Å². The number of hydrogen-bond donors (Lipinski definition) is 1. The number of hydrogen-bond acceptors (Lipinski definition) is 3. The molecule has 0 fully saturated rings. The summed E-state index contributed by atoms with van der Waals surface area (Å²) in [6, 6.07) is 6.52. The molecule has 1 atom stereocenters. The van der Waals surface area contributed by atoms with E-state index in [0.717, 1.165) is 33.3 Å². The summed E-state index contributed by atoms with van der Waals surface area (Å²) in [5, 5.41) is 3.52. The SMILES string of the molecule is CCNC1CCCc2nc(-c3ccc(Br)c(Br)c3)ncc21. The molecule has 0 aliphatic heterocycles. The summed E-state index contributed by atoms with van der Waals surface area (Å²) in [6.07, 6.45) is 5.41. The van der Waals surface area contributed by atoms with Gasteiger partial charge in [-0.15, -0.1) is 0 Å². The molecule has 2 aromatic rings. The maximum atomic E-state index is 4.80. The van der Waals surface area contributed by atoms with Gasteiger partial charge in [-0.3, -0.25) is 0 Å². The predicted molar refractivity (Wildman–Crippen MR) is 92.2 cm³/mol. The summed E-state index contributed by atoms with van der Waals surface area (Å²) in [5.74, 6) is 0.805. The second-order valence-electron chi connectivity index (χ2n) is 5.23. The molecule has 3 nitrogen and oxygen atoms in total. The van der Waals surface area contributed by atoms with E-state index in [4.69, 9.17) is 4.98 Å². The molecule has 1 heterocycles. The normalized spacial score (nSPS) is 17.6. The quantitative estimate of drug-likeness (QED) is 0.799. The lowest BCUT2D eigenvalue weighted by Gasteiger charge is -2.25. The molecule has 1 aliphatic carbocycles. The van der Waals surface area contributed by atoms with Crippen LogP contribution in [-0.4, -0.2) is 16.5 Å². The summed E-state index contributed by atoms with van der Waals surface area (Å²) < 4.78 is 2.06. The van der Waals surface area contributed by atoms with Crippen LogP contribution in [0, 0.1) is 0 Å². The summed E-state index contributed by atoms with van der Waals surface area (Å²) in [7, 11) is 0. The minimum Gasteiger partial charge on any atom is -0.310 e. The van der Waals surface area contributed by atoms with Crippen LogP contribution in [0.2, 0.25) is 0 Å². The Hall–Kier alpha value is -0.780. The number of nitrogens with zero attached hydrogens (tertiary/aromatic N) is 2. The highest BCUT2D eigenvalue weighted by Crippen LogP contribution is 2.31. The Morgan fingerprint density at radius 2 is 2.14 bits per heavy atom. The minimum atomic E-state index is 0.407. The van der Waals surface area contributed by atoms with Gasteiger partial charge in [-0.2, -0.15) is 0 Å². The maximum absolute atomic E-state index is 4.80. The van der Waals surface area contributed by atoms with Crippen LogP contribution in [0.1, 0.15) is 37.1 Å². The van der Waals surface area contributed by atoms with Crippen LogP contribution in [0.15, 0.2) is 33.3 Å². The van der Waals surface area contributed by atoms with Crippen molar-refractivity contribution in [3.05, 3.63) is 44.6 Å². The van der Waals surface area contributed by atoms with E-state index in [1.54, 1.807) is 0 Å². The van der Waals surface area contributed by atoms with Crippen molar-refractivity contribution in [1.29, 1.82) is 0 Å². The summed E-state index contributed by atoms with van der Waals surface area (Å²) in [5.41, 5.74) is 3.50. The number of halogens is 2. The Kier molecular flexibility index (Phi) is 4.72. The van der Waals surface area contributed by atoms with Crippen LogP contribution in [0.5, 0.6) is 0 Å². The van der Waals surface area contributed by atoms with Gasteiger partial charge in [0.1, 0.15) is 0 Å². The number of aromatic nitrogens is 2. The Bertz CT molecular complexity index is 658. The first-order chi connectivity index (χ1) is 10.2. The minimum absolute atomic E-state index is 0.407. The van der Waals surface area contributed by atoms with Crippen LogP contribution in [0.25, 0.3) is 11.4 Å². The second kappa shape index (κ2) is 6.55. The fraction of sp³-hybridized carbons (Fsp3) is 0.375. The van der Waals surface area contributed by atoms with Gasteiger partial charge in [0, 0.05) is 38.0 Å². The zero-order chi connectivity index (χ0) is 14.8. The zero-order valence-electron chi connectivity index (χ0n) is 11.9. The highest BCUT2D eigenvalue weighted by molar-refractivity contribution is 9.13. The van der Waals surface area contributed by atoms with Gasteiger partial charge in [0.25, 0.3) is 0 Å². The standard InChI is InChI=1S/C16H17Br2N3/c1-2-19-14-4-3-5-15-11(14)9-20-16(21-15)10-6-7-12(17)13(18)8-10/h6-9,14,19H,2-5H2,1H3. The fourth-order valence-corrected chi connectivity index (χ4v) is 3.41. The van der Waals surface area contributed by atoms with Crippen LogP contribution in [0.3, 0.4) is 0 Å². The lowest BCUT2D eigenvalue weighted by Crippen LogP contribution is -2.25. The number of fused-ring (bicyclic) bond motifs is 1. The van der Waals surface area contributed by atoms with Gasteiger partial charge in [-0.1, -0.05) is 6.92 Å². The molecule has 1 aromatic carbocycles. The van der Waals surface area contributed by atoms with Crippen LogP contribution in [-0.2, 0) is 6.42 Å². The fourth-order valence-electron chi connectivity index (χ4n) is 2.78. The molecule has 5 heteroatoms. The number of benzene rings is 1. The molecule has 1 N–H and O–H groups in total. The van der Waals surface area contributed by atoms with Crippen molar-refractivity contribution in [1.82, 2.24) is 15.3 Å². The van der Waals surface area contributed by atoms with Gasteiger partial charge in [-0.25, -0.2) is 9.97 Å². The summed E-state index contributed by atoms with van der Waals surface area (Å²) in [6.45, 7) is 3.12. The van der Waals surface area contributed by atoms with Crippen LogP contribution < -0.4 is 5.32 Å². The molecule has 0 bridgehead atoms. The van der Waals surface area contributed by atoms with Crippen molar-refractivity contribution < 1.29 is 0 Å². The van der Waals surface area contributed by atoms with E-state index in [1.165, 1.54) is 24.1 Å². The highest BCUT2D eigenvalue weighted by Gasteiger charge is 2.21. The Morgan fingerprint density at radius 3 is 2.90 bits per heavy atom. The van der Waals surface area contributed by atoms with E-state index < -0.39 is 0 Å². The van der Waals surface area contributed by atoms with E-state index in [9.17, 15) is 0 Å². The maximum Gasteiger partial charge on any atom is 0.159 e. The van der Waals surface area contributed by atoms with Gasteiger partial charge in [0.15, 0.2) is 5.82 Å². The van der Waals surface area contributed by atoms with Crippen molar-refractivity contribution in [2.45, 2.75) is 32.2 Å². The van der Waals surface area contributed by atoms with Gasteiger partial charge >= 0.3 is 0 Å². The van der Waals surface area contributed by atoms with Gasteiger partial charge in [-0.05, 0) is 75.9 Å². The third-order valence-electron chi connectivity index (χ3n) is 3.81. The third-order valence-corrected chi connectivity index (χ3v) is 5.69. The first kappa shape index (κ1) is 15.1. The van der Waals surface area contributed by atoms with Crippen molar-refractivity contribution in [2.24, 2.45) is 0 Å². The van der Waals surface area contributed by atoms with Crippen molar-refractivity contribution in [3.63, 3.8) is 0 Å². The number of aryl methyl sites for hydroxylation is 1. The Labute approximate surface area is 141 Å². The Balaban J connectivity index is 1.97. The molecule has 1 aromatic heterocycles. The second-order valence-corrected chi connectivity index (χ2v) is 6.94. The molecule has 110 valence electrons. The van der Waals surface area contributed by atoms with Crippen molar-refractivity contribution in [2.75, 3.05) is 6.54 Å². The summed E-state index contributed by atoms with van der Waals surface area (Å²) in [4.78, 5) is 9.38. The van der Waals surface area contributed by atoms with E-state index in [1.807, 2.05) is 18.3 Å². The molecule has 0 radical (unpaired) electrons. The first-order valence-corrected chi connectivity index (χ1v) is 8.82. The number of rotatable bonds is 3. The average Bonchev–Trinajstić information content (AvgIpc) is 2.50. The van der Waals surface area contributed by atoms with E-state index in [2.05, 4.69) is 55.2 Å². The molecule has 1 aliphatic rings. The van der Waals surface area contributed by atoms with E-state index >= 15 is 0 Å². The third kappa shape index (κ3) is 3.20. The van der Waals surface area contributed by atoms with Crippen molar-refractivity contribution in [3.8, 4) is 11.4 Å². The van der Waals surface area contributed by atoms with Gasteiger partial charge in [0.2, 0.25) is 0 Å². The molecule has 0 saturated carbocycles. The van der Waals surface area contributed by atoms with Crippen LogP contribution >= 0.6 is 31.9 Å². The average molecular weight is 411 g/mol. The smallest absolute Gasteiger partial charge is 0.159 e. The molecular formula is C16H17Br2N3. The Morgan fingerprint density at radius 1 is 1.29 bits per heavy atom. The largest absolute Gasteiger partial charge is 0.310 e. The van der Waals surface area contributed by atoms with Gasteiger partial charge < -0.3 is 5.32 Å². The monoisotopic (exact) mass is 409 g/mol. The first-order valence-electron chi connectivity index (χ1n) is 7.23. The molecule has 0 saturated heterocycles. The van der Waals surface area contributed by atoms with Gasteiger partial charge in [0.05, 0.1) is 0 Å². The molecule has 3 rings (SSSR count). The highest BCUT2D eigenvalue weighted by atomic mass is 79.9. The van der Waals surface area contributed by atoms with E-state index in [-0.39, 0.29) is 0 Å². The van der Waals surface area contributed by atoms with E-state index in [0.29, 0.717) is 6.04 Å². The summed E-state index contributed by atoms with van der Waals surface area (Å²) >= 11 is 7.03. The molecular weight excluding hydrogens is 394 g/mol. The molecule has 0 amide bonds. The molecule has 1 unspecified atom stereocenters. The molecule has 0 spiro atoms. The lowest BCUT2D eigenvalue weighted by molar-refractivity contribution is 0.464. The topological polar surface area (TPSA) is 37.8 Å².